The molecule has 5 rings (SSSR count). The van der Waals surface area contributed by atoms with Gasteiger partial charge in [0.15, 0.2) is 11.9 Å². The largest absolute Gasteiger partial charge is 0.463 e. The first-order valence-electron chi connectivity index (χ1n) is 10.9. The predicted molar refractivity (Wildman–Crippen MR) is 118 cm³/mol. The fourth-order valence-electron chi connectivity index (χ4n) is 4.59. The fraction of sp³-hybridized carbons (Fsp3) is 0.667. The number of halogens is 1. The topological polar surface area (TPSA) is 75.0 Å². The Morgan fingerprint density at radius 1 is 1.13 bits per heavy atom. The number of morpholine rings is 1. The maximum atomic E-state index is 6.32. The molecule has 0 amide bonds. The van der Waals surface area contributed by atoms with Crippen LogP contribution in [0.1, 0.15) is 17.2 Å². The second kappa shape index (κ2) is 9.38. The molecule has 168 valence electrons. The molecule has 2 saturated heterocycles. The van der Waals surface area contributed by atoms with Gasteiger partial charge in [-0.3, -0.25) is 9.80 Å². The Hall–Kier alpha value is -1.78. The van der Waals surface area contributed by atoms with Gasteiger partial charge in [0, 0.05) is 71.2 Å². The highest BCUT2D eigenvalue weighted by atomic mass is 35.5. The second-order valence-electron chi connectivity index (χ2n) is 8.30. The fourth-order valence-corrected chi connectivity index (χ4v) is 4.78. The van der Waals surface area contributed by atoms with Crippen LogP contribution in [0.15, 0.2) is 22.2 Å². The summed E-state index contributed by atoms with van der Waals surface area (Å²) in [5.41, 5.74) is 2.18. The van der Waals surface area contributed by atoms with Crippen molar-refractivity contribution in [2.45, 2.75) is 18.7 Å². The van der Waals surface area contributed by atoms with Gasteiger partial charge in [-0.2, -0.15) is 0 Å². The van der Waals surface area contributed by atoms with E-state index in [2.05, 4.69) is 35.7 Å². The van der Waals surface area contributed by atoms with E-state index in [-0.39, 0.29) is 17.4 Å². The van der Waals surface area contributed by atoms with E-state index < -0.39 is 0 Å². The summed E-state index contributed by atoms with van der Waals surface area (Å²) in [7, 11) is 1.75. The first kappa shape index (κ1) is 21.1. The minimum Gasteiger partial charge on any atom is -0.463 e. The number of piperazine rings is 1. The highest BCUT2D eigenvalue weighted by Gasteiger charge is 2.43. The molecule has 0 saturated carbocycles. The maximum Gasteiger partial charge on any atom is 0.220 e. The van der Waals surface area contributed by atoms with Crippen LogP contribution in [0.4, 0.5) is 0 Å². The van der Waals surface area contributed by atoms with Crippen molar-refractivity contribution < 1.29 is 14.2 Å². The van der Waals surface area contributed by atoms with Crippen LogP contribution in [0.25, 0.3) is 0 Å². The lowest BCUT2D eigenvalue weighted by molar-refractivity contribution is 0.0631. The third kappa shape index (κ3) is 4.56. The average Bonchev–Trinajstić information content (AvgIpc) is 3.16. The number of hydrogen-bond acceptors (Lipinski definition) is 9. The summed E-state index contributed by atoms with van der Waals surface area (Å²) in [5, 5.41) is 0.275. The summed E-state index contributed by atoms with van der Waals surface area (Å²) in [6.45, 7) is 9.79. The van der Waals surface area contributed by atoms with Crippen molar-refractivity contribution >= 4 is 22.7 Å². The summed E-state index contributed by atoms with van der Waals surface area (Å²) in [4.78, 5) is 20.8. The SMILES string of the molecule is COCCN1CCN(Cc2cnc3c(c2)C2N=C(Cl)N=C(N4CCOCC4)C2O3)CC1. The number of ether oxygens (including phenoxy) is 3. The maximum absolute atomic E-state index is 6.32. The van der Waals surface area contributed by atoms with E-state index in [0.717, 1.165) is 70.4 Å². The predicted octanol–water partition coefficient (Wildman–Crippen LogP) is 0.987. The number of hydrogen-bond donors (Lipinski definition) is 0. The van der Waals surface area contributed by atoms with Crippen molar-refractivity contribution in [2.75, 3.05) is 72.7 Å². The molecule has 9 nitrogen and oxygen atoms in total. The molecule has 31 heavy (non-hydrogen) atoms. The van der Waals surface area contributed by atoms with Gasteiger partial charge in [-0.05, 0) is 23.2 Å². The molecule has 4 aliphatic rings. The Bertz CT molecular complexity index is 852. The van der Waals surface area contributed by atoms with Crippen LogP contribution in [0.2, 0.25) is 0 Å². The van der Waals surface area contributed by atoms with Gasteiger partial charge in [0.1, 0.15) is 6.04 Å². The zero-order valence-electron chi connectivity index (χ0n) is 17.9. The third-order valence-corrected chi connectivity index (χ3v) is 6.49. The molecule has 5 heterocycles. The number of nitrogens with zero attached hydrogens (tertiary/aromatic N) is 6. The van der Waals surface area contributed by atoms with Crippen LogP contribution in [0, 0.1) is 0 Å². The van der Waals surface area contributed by atoms with Gasteiger partial charge < -0.3 is 19.1 Å². The van der Waals surface area contributed by atoms with E-state index in [9.17, 15) is 0 Å². The molecule has 0 radical (unpaired) electrons. The number of rotatable bonds is 5. The summed E-state index contributed by atoms with van der Waals surface area (Å²) in [6, 6.07) is 1.98. The van der Waals surface area contributed by atoms with Crippen molar-refractivity contribution in [1.29, 1.82) is 0 Å². The van der Waals surface area contributed by atoms with Crippen LogP contribution >= 0.6 is 11.6 Å². The number of pyridine rings is 1. The first-order valence-corrected chi connectivity index (χ1v) is 11.3. The van der Waals surface area contributed by atoms with Gasteiger partial charge in [0.2, 0.25) is 11.2 Å². The molecule has 1 aromatic heterocycles. The lowest BCUT2D eigenvalue weighted by Crippen LogP contribution is -2.49. The monoisotopic (exact) mass is 448 g/mol. The normalized spacial score (nSPS) is 26.7. The molecule has 0 spiro atoms. The van der Waals surface area contributed by atoms with Crippen molar-refractivity contribution in [2.24, 2.45) is 9.98 Å². The van der Waals surface area contributed by atoms with Crippen LogP contribution in [-0.2, 0) is 16.0 Å². The number of fused-ring (bicyclic) bond motifs is 3. The standard InChI is InChI=1S/C21H29ClN6O3/c1-29-9-6-26-2-4-27(5-3-26)14-15-12-16-17-18(31-20(16)23-13-15)19(25-21(22)24-17)28-7-10-30-11-8-28/h12-13,17-18H,2-11,14H2,1H3. The Labute approximate surface area is 187 Å². The lowest BCUT2D eigenvalue weighted by Gasteiger charge is -2.34. The van der Waals surface area contributed by atoms with E-state index in [1.54, 1.807) is 7.11 Å². The molecule has 0 aliphatic carbocycles. The summed E-state index contributed by atoms with van der Waals surface area (Å²) < 4.78 is 16.9. The van der Waals surface area contributed by atoms with Gasteiger partial charge in [-0.1, -0.05) is 0 Å². The second-order valence-corrected chi connectivity index (χ2v) is 8.64. The highest BCUT2D eigenvalue weighted by Crippen LogP contribution is 2.41. The molecule has 2 fully saturated rings. The van der Waals surface area contributed by atoms with Crippen molar-refractivity contribution in [3.8, 4) is 5.88 Å². The minimum atomic E-state index is -0.275. The van der Waals surface area contributed by atoms with E-state index in [4.69, 9.17) is 25.8 Å². The van der Waals surface area contributed by atoms with Crippen LogP contribution in [-0.4, -0.2) is 110 Å². The third-order valence-electron chi connectivity index (χ3n) is 6.30. The molecule has 2 unspecified atom stereocenters. The molecule has 0 aromatic carbocycles. The van der Waals surface area contributed by atoms with Gasteiger partial charge in [-0.15, -0.1) is 0 Å². The summed E-state index contributed by atoms with van der Waals surface area (Å²) in [5.74, 6) is 1.47. The molecular weight excluding hydrogens is 420 g/mol. The average molecular weight is 449 g/mol. The Morgan fingerprint density at radius 3 is 2.68 bits per heavy atom. The Morgan fingerprint density at radius 2 is 1.90 bits per heavy atom. The molecule has 0 N–H and O–H groups in total. The molecule has 2 atom stereocenters. The van der Waals surface area contributed by atoms with Crippen molar-refractivity contribution in [3.05, 3.63) is 23.4 Å². The lowest BCUT2D eigenvalue weighted by atomic mass is 10.0. The van der Waals surface area contributed by atoms with E-state index in [1.165, 1.54) is 5.56 Å². The van der Waals surface area contributed by atoms with Crippen LogP contribution in [0.5, 0.6) is 5.88 Å². The highest BCUT2D eigenvalue weighted by molar-refractivity contribution is 6.65. The van der Waals surface area contributed by atoms with Crippen molar-refractivity contribution in [1.82, 2.24) is 19.7 Å². The quantitative estimate of drug-likeness (QED) is 0.622. The van der Waals surface area contributed by atoms with E-state index in [1.807, 2.05) is 6.20 Å². The van der Waals surface area contributed by atoms with Gasteiger partial charge in [0.05, 0.1) is 19.8 Å². The zero-order valence-corrected chi connectivity index (χ0v) is 18.6. The van der Waals surface area contributed by atoms with Gasteiger partial charge >= 0.3 is 0 Å². The molecule has 4 aliphatic heterocycles. The molecule has 0 bridgehead atoms. The minimum absolute atomic E-state index is 0.198. The number of aliphatic imine (C=N–C) groups is 2. The van der Waals surface area contributed by atoms with E-state index in [0.29, 0.717) is 19.1 Å². The van der Waals surface area contributed by atoms with Gasteiger partial charge in [-0.25, -0.2) is 15.0 Å². The molecular formula is C21H29ClN6O3. The number of aromatic nitrogens is 1. The Kier molecular flexibility index (Phi) is 6.38. The molecule has 10 heteroatoms. The van der Waals surface area contributed by atoms with E-state index >= 15 is 0 Å². The van der Waals surface area contributed by atoms with Crippen LogP contribution in [0.3, 0.4) is 0 Å². The first-order chi connectivity index (χ1) is 15.2. The number of amidine groups is 2. The van der Waals surface area contributed by atoms with Gasteiger partial charge in [0.25, 0.3) is 0 Å². The van der Waals surface area contributed by atoms with Crippen LogP contribution < -0.4 is 4.74 Å². The zero-order chi connectivity index (χ0) is 21.2. The number of methoxy groups -OCH3 is 1. The van der Waals surface area contributed by atoms with Crippen molar-refractivity contribution in [3.63, 3.8) is 0 Å². The summed E-state index contributed by atoms with van der Waals surface area (Å²) in [6.07, 6.45) is 1.65. The summed E-state index contributed by atoms with van der Waals surface area (Å²) >= 11 is 6.32. The smallest absolute Gasteiger partial charge is 0.220 e. The Balaban J connectivity index is 1.27. The molecule has 1 aromatic rings.